The van der Waals surface area contributed by atoms with Crippen LogP contribution in [0.25, 0.3) is 0 Å². The molecule has 0 atom stereocenters. The van der Waals surface area contributed by atoms with Crippen molar-refractivity contribution < 1.29 is 22.1 Å². The molecule has 0 saturated carbocycles. The highest BCUT2D eigenvalue weighted by Gasteiger charge is 2.00. The first kappa shape index (κ1) is 35.8. The first-order chi connectivity index (χ1) is 17.6. The van der Waals surface area contributed by atoms with Gasteiger partial charge in [0.25, 0.3) is 10.1 Å². The summed E-state index contributed by atoms with van der Waals surface area (Å²) in [6.45, 7) is 4.45. The number of rotatable bonds is 31. The Morgan fingerprint density at radius 2 is 0.667 bits per heavy atom. The minimum absolute atomic E-state index is 0.0678. The predicted molar refractivity (Wildman–Crippen MR) is 154 cm³/mol. The monoisotopic (exact) mass is 534 g/mol. The second-order valence-corrected chi connectivity index (χ2v) is 12.2. The van der Waals surface area contributed by atoms with Crippen LogP contribution in [-0.2, 0) is 23.8 Å². The molecule has 0 spiro atoms. The molecular formula is C30H62O5S. The average Bonchev–Trinajstić information content (AvgIpc) is 2.84. The van der Waals surface area contributed by atoms with Crippen molar-refractivity contribution in [1.29, 1.82) is 0 Å². The van der Waals surface area contributed by atoms with Crippen LogP contribution in [0.4, 0.5) is 0 Å². The summed E-state index contributed by atoms with van der Waals surface area (Å²) in [5, 5.41) is 0. The van der Waals surface area contributed by atoms with E-state index in [-0.39, 0.29) is 13.2 Å². The summed E-state index contributed by atoms with van der Waals surface area (Å²) < 4.78 is 37.0. The Morgan fingerprint density at radius 3 is 1.00 bits per heavy atom. The smallest absolute Gasteiger partial charge is 0.264 e. The van der Waals surface area contributed by atoms with Gasteiger partial charge in [-0.15, -0.1) is 0 Å². The molecule has 0 rings (SSSR count). The number of unbranched alkanes of at least 4 members (excludes halogenated alkanes) is 22. The van der Waals surface area contributed by atoms with Gasteiger partial charge in [0.2, 0.25) is 0 Å². The van der Waals surface area contributed by atoms with Gasteiger partial charge in [0.05, 0.1) is 32.7 Å². The van der Waals surface area contributed by atoms with Crippen LogP contribution in [0.3, 0.4) is 0 Å². The van der Waals surface area contributed by atoms with E-state index < -0.39 is 10.1 Å². The molecule has 36 heavy (non-hydrogen) atoms. The topological polar surface area (TPSA) is 61.8 Å². The van der Waals surface area contributed by atoms with E-state index in [9.17, 15) is 8.42 Å². The maximum absolute atomic E-state index is 10.8. The van der Waals surface area contributed by atoms with Crippen LogP contribution >= 0.6 is 0 Å². The molecule has 0 bridgehead atoms. The molecule has 5 nitrogen and oxygen atoms in total. The van der Waals surface area contributed by atoms with Gasteiger partial charge in [-0.2, -0.15) is 8.42 Å². The molecule has 218 valence electrons. The summed E-state index contributed by atoms with van der Waals surface area (Å²) in [7, 11) is -3.37. The van der Waals surface area contributed by atoms with Gasteiger partial charge in [0.1, 0.15) is 0 Å². The Morgan fingerprint density at radius 1 is 0.389 bits per heavy atom. The zero-order valence-electron chi connectivity index (χ0n) is 24.2. The molecule has 0 amide bonds. The molecule has 0 aromatic rings. The zero-order chi connectivity index (χ0) is 26.4. The SMILES string of the molecule is CCCCCCCCCCCCCCCCCCCCCCCCCOCCOCCOS(C)(=O)=O. The molecule has 0 aromatic heterocycles. The maximum Gasteiger partial charge on any atom is 0.264 e. The summed E-state index contributed by atoms with van der Waals surface area (Å²) >= 11 is 0. The highest BCUT2D eigenvalue weighted by Crippen LogP contribution is 2.15. The van der Waals surface area contributed by atoms with E-state index in [1.165, 1.54) is 141 Å². The molecule has 0 aliphatic heterocycles. The molecule has 0 fully saturated rings. The lowest BCUT2D eigenvalue weighted by Gasteiger charge is -2.06. The van der Waals surface area contributed by atoms with Gasteiger partial charge in [-0.05, 0) is 6.42 Å². The van der Waals surface area contributed by atoms with Gasteiger partial charge in [-0.25, -0.2) is 0 Å². The Hall–Kier alpha value is -0.170. The lowest BCUT2D eigenvalue weighted by molar-refractivity contribution is 0.0360. The van der Waals surface area contributed by atoms with E-state index in [4.69, 9.17) is 9.47 Å². The molecule has 6 heteroatoms. The summed E-state index contributed by atoms with van der Waals surface area (Å²) in [6, 6.07) is 0. The van der Waals surface area contributed by atoms with E-state index in [0.29, 0.717) is 13.2 Å². The van der Waals surface area contributed by atoms with Crippen LogP contribution in [0.1, 0.15) is 155 Å². The van der Waals surface area contributed by atoms with Crippen molar-refractivity contribution in [3.63, 3.8) is 0 Å². The molecule has 0 N–H and O–H groups in total. The van der Waals surface area contributed by atoms with E-state index >= 15 is 0 Å². The maximum atomic E-state index is 10.8. The van der Waals surface area contributed by atoms with Gasteiger partial charge in [-0.3, -0.25) is 4.18 Å². The van der Waals surface area contributed by atoms with Gasteiger partial charge in [0.15, 0.2) is 0 Å². The van der Waals surface area contributed by atoms with Crippen LogP contribution < -0.4 is 0 Å². The quantitative estimate of drug-likeness (QED) is 0.0656. The van der Waals surface area contributed by atoms with Gasteiger partial charge < -0.3 is 9.47 Å². The number of hydrogen-bond acceptors (Lipinski definition) is 5. The van der Waals surface area contributed by atoms with Crippen molar-refractivity contribution >= 4 is 10.1 Å². The summed E-state index contributed by atoms with van der Waals surface area (Å²) in [4.78, 5) is 0. The molecule has 0 radical (unpaired) electrons. The summed E-state index contributed by atoms with van der Waals surface area (Å²) in [5.41, 5.74) is 0. The van der Waals surface area contributed by atoms with Gasteiger partial charge in [0, 0.05) is 6.61 Å². The third-order valence-corrected chi connectivity index (χ3v) is 7.38. The molecule has 0 saturated heterocycles. The van der Waals surface area contributed by atoms with E-state index in [1.54, 1.807) is 0 Å². The van der Waals surface area contributed by atoms with Crippen LogP contribution in [0.15, 0.2) is 0 Å². The van der Waals surface area contributed by atoms with Crippen molar-refractivity contribution in [3.8, 4) is 0 Å². The third-order valence-electron chi connectivity index (χ3n) is 6.79. The minimum atomic E-state index is -3.37. The first-order valence-corrected chi connectivity index (χ1v) is 17.4. The highest BCUT2D eigenvalue weighted by atomic mass is 32.2. The van der Waals surface area contributed by atoms with Crippen molar-refractivity contribution in [2.24, 2.45) is 0 Å². The van der Waals surface area contributed by atoms with Crippen molar-refractivity contribution in [2.45, 2.75) is 155 Å². The zero-order valence-corrected chi connectivity index (χ0v) is 25.1. The average molecular weight is 535 g/mol. The molecule has 0 aliphatic rings. The largest absolute Gasteiger partial charge is 0.379 e. The van der Waals surface area contributed by atoms with E-state index in [0.717, 1.165) is 19.3 Å². The van der Waals surface area contributed by atoms with E-state index in [1.807, 2.05) is 0 Å². The molecule has 0 heterocycles. The predicted octanol–water partition coefficient (Wildman–Crippen LogP) is 8.99. The van der Waals surface area contributed by atoms with Crippen molar-refractivity contribution in [2.75, 3.05) is 39.3 Å². The summed E-state index contributed by atoms with van der Waals surface area (Å²) in [5.74, 6) is 0. The van der Waals surface area contributed by atoms with E-state index in [2.05, 4.69) is 11.1 Å². The molecule has 0 unspecified atom stereocenters. The second kappa shape index (κ2) is 29.4. The standard InChI is InChI=1S/C30H62O5S/c1-3-4-5-6-7-8-9-10-11-12-13-14-15-16-17-18-19-20-21-22-23-24-25-26-33-27-28-34-29-30-35-36(2,31)32/h3-30H2,1-2H3. The second-order valence-electron chi connectivity index (χ2n) is 10.5. The van der Waals surface area contributed by atoms with Crippen LogP contribution in [0.5, 0.6) is 0 Å². The highest BCUT2D eigenvalue weighted by molar-refractivity contribution is 7.85. The molecular weight excluding hydrogens is 472 g/mol. The lowest BCUT2D eigenvalue weighted by atomic mass is 10.0. The van der Waals surface area contributed by atoms with Crippen LogP contribution in [0, 0.1) is 0 Å². The molecule has 0 aromatic carbocycles. The summed E-state index contributed by atoms with van der Waals surface area (Å²) in [6.07, 6.45) is 33.4. The number of hydrogen-bond donors (Lipinski definition) is 0. The first-order valence-electron chi connectivity index (χ1n) is 15.6. The van der Waals surface area contributed by atoms with Crippen LogP contribution in [0.2, 0.25) is 0 Å². The van der Waals surface area contributed by atoms with Gasteiger partial charge >= 0.3 is 0 Å². The Labute approximate surface area is 225 Å². The fraction of sp³-hybridized carbons (Fsp3) is 1.00. The third kappa shape index (κ3) is 33.8. The molecule has 0 aliphatic carbocycles. The fourth-order valence-corrected chi connectivity index (χ4v) is 4.93. The Bertz CT molecular complexity index is 509. The fourth-order valence-electron chi connectivity index (χ4n) is 4.56. The van der Waals surface area contributed by atoms with Gasteiger partial charge in [-0.1, -0.05) is 148 Å². The van der Waals surface area contributed by atoms with Crippen molar-refractivity contribution in [3.05, 3.63) is 0 Å². The number of ether oxygens (including phenoxy) is 2. The lowest BCUT2D eigenvalue weighted by Crippen LogP contribution is -2.12. The Balaban J connectivity index is 3.04. The normalized spacial score (nSPS) is 11.9. The van der Waals surface area contributed by atoms with Crippen molar-refractivity contribution in [1.82, 2.24) is 0 Å². The minimum Gasteiger partial charge on any atom is -0.379 e. The Kier molecular flexibility index (Phi) is 29.2. The van der Waals surface area contributed by atoms with Crippen LogP contribution in [-0.4, -0.2) is 47.7 Å².